The van der Waals surface area contributed by atoms with Crippen LogP contribution in [0.4, 0.5) is 0 Å². The quantitative estimate of drug-likeness (QED) is 0.530. The van der Waals surface area contributed by atoms with E-state index in [0.717, 1.165) is 5.56 Å². The molecule has 4 atom stereocenters. The van der Waals surface area contributed by atoms with E-state index >= 15 is 0 Å². The lowest BCUT2D eigenvalue weighted by atomic mass is 9.79. The number of hydrogen-bond donors (Lipinski definition) is 0. The van der Waals surface area contributed by atoms with Crippen LogP contribution in [0.2, 0.25) is 0 Å². The van der Waals surface area contributed by atoms with E-state index < -0.39 is 11.5 Å². The van der Waals surface area contributed by atoms with Crippen molar-refractivity contribution in [1.29, 1.82) is 0 Å². The molecule has 4 unspecified atom stereocenters. The Labute approximate surface area is 165 Å². The van der Waals surface area contributed by atoms with Gasteiger partial charge in [0.25, 0.3) is 0 Å². The zero-order valence-electron chi connectivity index (χ0n) is 16.9. The number of ether oxygens (including phenoxy) is 4. The maximum absolute atomic E-state index is 13.2. The number of ketones is 2. The number of benzene rings is 1. The summed E-state index contributed by atoms with van der Waals surface area (Å²) in [6, 6.07) is 3.61. The minimum atomic E-state index is -1.12. The fourth-order valence-corrected chi connectivity index (χ4v) is 4.64. The van der Waals surface area contributed by atoms with Crippen molar-refractivity contribution in [2.45, 2.75) is 24.9 Å². The van der Waals surface area contributed by atoms with Gasteiger partial charge < -0.3 is 18.9 Å². The average Bonchev–Trinajstić information content (AvgIpc) is 2.86. The van der Waals surface area contributed by atoms with Gasteiger partial charge in [0.05, 0.1) is 27.2 Å². The van der Waals surface area contributed by atoms with Crippen molar-refractivity contribution in [2.75, 3.05) is 28.4 Å². The van der Waals surface area contributed by atoms with Gasteiger partial charge in [-0.3, -0.25) is 9.59 Å². The van der Waals surface area contributed by atoms with Crippen molar-refractivity contribution in [2.24, 2.45) is 11.8 Å². The zero-order valence-corrected chi connectivity index (χ0v) is 16.9. The molecule has 2 bridgehead atoms. The van der Waals surface area contributed by atoms with Gasteiger partial charge in [-0.1, -0.05) is 13.0 Å². The predicted molar refractivity (Wildman–Crippen MR) is 104 cm³/mol. The summed E-state index contributed by atoms with van der Waals surface area (Å²) >= 11 is 0. The van der Waals surface area contributed by atoms with Crippen molar-refractivity contribution in [1.82, 2.24) is 0 Å². The van der Waals surface area contributed by atoms with Gasteiger partial charge in [-0.15, -0.1) is 6.58 Å². The zero-order chi connectivity index (χ0) is 20.6. The second-order valence-electron chi connectivity index (χ2n) is 7.14. The van der Waals surface area contributed by atoms with Crippen LogP contribution in [-0.2, 0) is 14.3 Å². The van der Waals surface area contributed by atoms with Gasteiger partial charge in [0, 0.05) is 18.9 Å². The molecule has 0 aromatic heterocycles. The molecule has 2 aliphatic rings. The molecule has 28 heavy (non-hydrogen) atoms. The molecule has 0 N–H and O–H groups in total. The summed E-state index contributed by atoms with van der Waals surface area (Å²) in [5.74, 6) is -0.354. The third-order valence-electron chi connectivity index (χ3n) is 6.00. The summed E-state index contributed by atoms with van der Waals surface area (Å²) in [4.78, 5) is 26.3. The molecule has 2 aliphatic carbocycles. The average molecular weight is 386 g/mol. The summed E-state index contributed by atoms with van der Waals surface area (Å²) in [6.45, 7) is 5.66. The third kappa shape index (κ3) is 2.66. The van der Waals surface area contributed by atoms with E-state index in [2.05, 4.69) is 6.58 Å². The molecular weight excluding hydrogens is 360 g/mol. The van der Waals surface area contributed by atoms with E-state index in [4.69, 9.17) is 18.9 Å². The Kier molecular flexibility index (Phi) is 5.35. The molecule has 0 radical (unpaired) electrons. The fraction of sp³-hybridized carbons (Fsp3) is 0.455. The molecule has 6 nitrogen and oxygen atoms in total. The topological polar surface area (TPSA) is 71.1 Å². The SMILES string of the molecule is C=CCC1=CC2(OC)C(=O)C(C1=O)C(c1cc(OC)c(OC)c(OC)c1)C2C. The first-order chi connectivity index (χ1) is 13.4. The highest BCUT2D eigenvalue weighted by molar-refractivity contribution is 6.19. The number of methoxy groups -OCH3 is 4. The van der Waals surface area contributed by atoms with Gasteiger partial charge in [0.15, 0.2) is 23.1 Å². The molecule has 0 amide bonds. The van der Waals surface area contributed by atoms with Crippen LogP contribution in [-0.4, -0.2) is 45.6 Å². The lowest BCUT2D eigenvalue weighted by Crippen LogP contribution is -2.45. The molecular formula is C22H26O6. The molecule has 150 valence electrons. The third-order valence-corrected chi connectivity index (χ3v) is 6.00. The largest absolute Gasteiger partial charge is 0.493 e. The maximum atomic E-state index is 13.2. The molecule has 1 saturated carbocycles. The number of carbonyl (C=O) groups is 2. The van der Waals surface area contributed by atoms with E-state index in [0.29, 0.717) is 29.2 Å². The minimum Gasteiger partial charge on any atom is -0.493 e. The van der Waals surface area contributed by atoms with E-state index in [1.165, 1.54) is 28.4 Å². The van der Waals surface area contributed by atoms with Crippen molar-refractivity contribution < 1.29 is 28.5 Å². The highest BCUT2D eigenvalue weighted by Crippen LogP contribution is 2.55. The number of carbonyl (C=O) groups excluding carboxylic acids is 2. The fourth-order valence-electron chi connectivity index (χ4n) is 4.64. The maximum Gasteiger partial charge on any atom is 0.203 e. The van der Waals surface area contributed by atoms with Gasteiger partial charge in [-0.2, -0.15) is 0 Å². The molecule has 0 spiro atoms. The number of allylic oxidation sites excluding steroid dienone is 2. The van der Waals surface area contributed by atoms with Crippen LogP contribution in [0.5, 0.6) is 17.2 Å². The van der Waals surface area contributed by atoms with Crippen LogP contribution in [0, 0.1) is 11.8 Å². The first-order valence-corrected chi connectivity index (χ1v) is 9.16. The van der Waals surface area contributed by atoms with E-state index in [1.54, 1.807) is 24.3 Å². The van der Waals surface area contributed by atoms with Crippen LogP contribution >= 0.6 is 0 Å². The monoisotopic (exact) mass is 386 g/mol. The Morgan fingerprint density at radius 3 is 2.14 bits per heavy atom. The van der Waals surface area contributed by atoms with E-state index in [1.807, 2.05) is 6.92 Å². The molecule has 1 fully saturated rings. The standard InChI is InChI=1S/C22H26O6/c1-7-8-13-11-22(28-6)12(2)17(18(19(13)23)21(22)24)14-9-15(25-3)20(27-5)16(10-14)26-4/h7,9-12,17-18H,1,8H2,2-6H3. The van der Waals surface area contributed by atoms with Crippen LogP contribution in [0.15, 0.2) is 36.4 Å². The summed E-state index contributed by atoms with van der Waals surface area (Å²) in [5.41, 5.74) is 0.228. The smallest absolute Gasteiger partial charge is 0.203 e. The Morgan fingerprint density at radius 1 is 1.07 bits per heavy atom. The van der Waals surface area contributed by atoms with E-state index in [-0.39, 0.29) is 23.4 Å². The van der Waals surface area contributed by atoms with Crippen LogP contribution < -0.4 is 14.2 Å². The number of Topliss-reactive ketones (excluding diaryl/α,β-unsaturated/α-hetero) is 2. The Hall–Kier alpha value is -2.60. The number of fused-ring (bicyclic) bond motifs is 2. The summed E-state index contributed by atoms with van der Waals surface area (Å²) in [5, 5.41) is 0. The molecule has 6 heteroatoms. The van der Waals surface area contributed by atoms with Gasteiger partial charge in [-0.25, -0.2) is 0 Å². The second kappa shape index (κ2) is 7.43. The van der Waals surface area contributed by atoms with Crippen LogP contribution in [0.25, 0.3) is 0 Å². The van der Waals surface area contributed by atoms with E-state index in [9.17, 15) is 9.59 Å². The first-order valence-electron chi connectivity index (χ1n) is 9.16. The number of rotatable bonds is 7. The van der Waals surface area contributed by atoms with Gasteiger partial charge in [-0.05, 0) is 35.8 Å². The lowest BCUT2D eigenvalue weighted by molar-refractivity contribution is -0.141. The summed E-state index contributed by atoms with van der Waals surface area (Å²) in [7, 11) is 6.12. The first kappa shape index (κ1) is 20.1. The van der Waals surface area contributed by atoms with Gasteiger partial charge >= 0.3 is 0 Å². The Morgan fingerprint density at radius 2 is 1.68 bits per heavy atom. The van der Waals surface area contributed by atoms with Crippen molar-refractivity contribution in [3.63, 3.8) is 0 Å². The van der Waals surface area contributed by atoms with Gasteiger partial charge in [0.1, 0.15) is 5.60 Å². The molecule has 1 aromatic rings. The normalized spacial score (nSPS) is 28.8. The lowest BCUT2D eigenvalue weighted by Gasteiger charge is -2.31. The minimum absolute atomic E-state index is 0.166. The Bertz CT molecular complexity index is 830. The second-order valence-corrected chi connectivity index (χ2v) is 7.14. The van der Waals surface area contributed by atoms with Crippen LogP contribution in [0.3, 0.4) is 0 Å². The molecule has 0 heterocycles. The summed E-state index contributed by atoms with van der Waals surface area (Å²) in [6.07, 6.45) is 3.77. The Balaban J connectivity index is 2.19. The van der Waals surface area contributed by atoms with Crippen molar-refractivity contribution >= 4 is 11.6 Å². The highest BCUT2D eigenvalue weighted by atomic mass is 16.5. The molecule has 0 aliphatic heterocycles. The number of hydrogen-bond acceptors (Lipinski definition) is 6. The molecule has 0 saturated heterocycles. The predicted octanol–water partition coefficient (Wildman–Crippen LogP) is 3.10. The summed E-state index contributed by atoms with van der Waals surface area (Å²) < 4.78 is 22.0. The van der Waals surface area contributed by atoms with Gasteiger partial charge in [0.2, 0.25) is 5.75 Å². The van der Waals surface area contributed by atoms with Crippen molar-refractivity contribution in [3.05, 3.63) is 42.0 Å². The molecule has 3 rings (SSSR count). The van der Waals surface area contributed by atoms with Crippen LogP contribution in [0.1, 0.15) is 24.8 Å². The molecule has 1 aromatic carbocycles. The highest BCUT2D eigenvalue weighted by Gasteiger charge is 2.63. The van der Waals surface area contributed by atoms with Crippen molar-refractivity contribution in [3.8, 4) is 17.2 Å².